The Bertz CT molecular complexity index is 1770. The van der Waals surface area contributed by atoms with Crippen molar-refractivity contribution >= 4 is 27.1 Å². The lowest BCUT2D eigenvalue weighted by Crippen LogP contribution is -2.30. The number of amides is 1. The Morgan fingerprint density at radius 3 is 2.19 bits per heavy atom. The summed E-state index contributed by atoms with van der Waals surface area (Å²) in [6.07, 6.45) is -2.56. The number of carbonyl (C=O) groups excluding carboxylic acids is 1. The number of sulfone groups is 1. The monoisotopic (exact) mass is 630 g/mol. The Morgan fingerprint density at radius 1 is 1.02 bits per heavy atom. The van der Waals surface area contributed by atoms with E-state index in [9.17, 15) is 36.3 Å². The highest BCUT2D eigenvalue weighted by atomic mass is 32.2. The van der Waals surface area contributed by atoms with Crippen molar-refractivity contribution < 1.29 is 31.5 Å². The van der Waals surface area contributed by atoms with Gasteiger partial charge in [0.15, 0.2) is 9.84 Å². The number of aromatic nitrogens is 1. The second-order valence-corrected chi connectivity index (χ2v) is 13.7. The fourth-order valence-corrected chi connectivity index (χ4v) is 6.86. The van der Waals surface area contributed by atoms with Crippen LogP contribution >= 0.6 is 11.3 Å². The maximum atomic E-state index is 13.1. The SMILES string of the molecule is CCS(=O)(=O)c1ccc(C(CO)NC(=O)c2ccc(-c3c(C4CC4)sc(=O)n3Cc3ccc(C(F)(F)F)cc3)cc2)cc1. The quantitative estimate of drug-likeness (QED) is 0.231. The number of benzene rings is 3. The van der Waals surface area contributed by atoms with Gasteiger partial charge in [0, 0.05) is 10.4 Å². The molecule has 1 aliphatic rings. The van der Waals surface area contributed by atoms with Crippen LogP contribution in [0, 0.1) is 0 Å². The molecule has 2 N–H and O–H groups in total. The van der Waals surface area contributed by atoms with Gasteiger partial charge in [0.05, 0.1) is 41.1 Å². The maximum Gasteiger partial charge on any atom is 0.416 e. The van der Waals surface area contributed by atoms with Gasteiger partial charge in [0.25, 0.3) is 5.91 Å². The number of carbonyl (C=O) groups is 1. The number of nitrogens with zero attached hydrogens (tertiary/aromatic N) is 1. The van der Waals surface area contributed by atoms with Crippen molar-refractivity contribution in [2.24, 2.45) is 0 Å². The number of alkyl halides is 3. The molecule has 4 aromatic rings. The molecule has 0 aliphatic heterocycles. The van der Waals surface area contributed by atoms with E-state index in [-0.39, 0.29) is 28.0 Å². The predicted octanol–water partition coefficient (Wildman–Crippen LogP) is 5.78. The second-order valence-electron chi connectivity index (χ2n) is 10.4. The first-order valence-corrected chi connectivity index (χ1v) is 16.1. The minimum absolute atomic E-state index is 0.0405. The summed E-state index contributed by atoms with van der Waals surface area (Å²) in [6, 6.07) is 16.6. The largest absolute Gasteiger partial charge is 0.416 e. The molecule has 226 valence electrons. The molecule has 1 aliphatic carbocycles. The number of thiazole rings is 1. The number of hydrogen-bond donors (Lipinski definition) is 2. The van der Waals surface area contributed by atoms with Crippen molar-refractivity contribution in [3.8, 4) is 11.3 Å². The fraction of sp³-hybridized carbons (Fsp3) is 0.290. The van der Waals surface area contributed by atoms with Crippen molar-refractivity contribution in [2.45, 2.75) is 49.3 Å². The van der Waals surface area contributed by atoms with Crippen LogP contribution < -0.4 is 10.2 Å². The number of nitrogens with one attached hydrogen (secondary N) is 1. The van der Waals surface area contributed by atoms with Crippen LogP contribution in [0.4, 0.5) is 13.2 Å². The van der Waals surface area contributed by atoms with E-state index >= 15 is 0 Å². The van der Waals surface area contributed by atoms with Crippen molar-refractivity contribution in [1.82, 2.24) is 9.88 Å². The third-order valence-electron chi connectivity index (χ3n) is 7.42. The Kier molecular flexibility index (Phi) is 8.64. The van der Waals surface area contributed by atoms with E-state index in [1.54, 1.807) is 47.9 Å². The van der Waals surface area contributed by atoms with Crippen molar-refractivity contribution in [3.63, 3.8) is 0 Å². The molecule has 1 saturated carbocycles. The van der Waals surface area contributed by atoms with Crippen LogP contribution in [0.5, 0.6) is 0 Å². The molecule has 43 heavy (non-hydrogen) atoms. The Labute approximate surface area is 250 Å². The van der Waals surface area contributed by atoms with E-state index in [1.807, 2.05) is 0 Å². The Morgan fingerprint density at radius 2 is 1.65 bits per heavy atom. The van der Waals surface area contributed by atoms with E-state index in [4.69, 9.17) is 0 Å². The molecule has 3 aromatic carbocycles. The molecule has 0 spiro atoms. The molecule has 5 rings (SSSR count). The summed E-state index contributed by atoms with van der Waals surface area (Å²) in [7, 11) is -3.38. The molecule has 12 heteroatoms. The number of hydrogen-bond acceptors (Lipinski definition) is 6. The normalized spacial score (nSPS) is 14.4. The minimum Gasteiger partial charge on any atom is -0.394 e. The Balaban J connectivity index is 1.37. The molecular formula is C31H29F3N2O5S2. The van der Waals surface area contributed by atoms with Crippen LogP contribution in [-0.2, 0) is 22.6 Å². The van der Waals surface area contributed by atoms with Gasteiger partial charge in [-0.2, -0.15) is 13.2 Å². The number of aliphatic hydroxyl groups excluding tert-OH is 1. The maximum absolute atomic E-state index is 13.1. The zero-order valence-corrected chi connectivity index (χ0v) is 24.7. The van der Waals surface area contributed by atoms with Crippen LogP contribution in [0.2, 0.25) is 0 Å². The van der Waals surface area contributed by atoms with Gasteiger partial charge in [-0.05, 0) is 71.8 Å². The minimum atomic E-state index is -4.45. The van der Waals surface area contributed by atoms with Crippen molar-refractivity contribution in [3.05, 3.63) is 110 Å². The summed E-state index contributed by atoms with van der Waals surface area (Å²) in [6.45, 7) is 1.25. The molecule has 1 fully saturated rings. The third kappa shape index (κ3) is 6.76. The lowest BCUT2D eigenvalue weighted by molar-refractivity contribution is -0.137. The van der Waals surface area contributed by atoms with Crippen LogP contribution in [0.25, 0.3) is 11.3 Å². The first-order valence-electron chi connectivity index (χ1n) is 13.7. The fourth-order valence-electron chi connectivity index (χ4n) is 4.80. The first-order chi connectivity index (χ1) is 20.4. The summed E-state index contributed by atoms with van der Waals surface area (Å²) in [5.74, 6) is -0.249. The van der Waals surface area contributed by atoms with E-state index in [0.29, 0.717) is 27.9 Å². The van der Waals surface area contributed by atoms with E-state index in [0.717, 1.165) is 41.2 Å². The molecule has 1 heterocycles. The number of halogens is 3. The van der Waals surface area contributed by atoms with Gasteiger partial charge in [-0.3, -0.25) is 14.2 Å². The van der Waals surface area contributed by atoms with Gasteiger partial charge in [-0.1, -0.05) is 54.7 Å². The first kappa shape index (κ1) is 30.7. The average Bonchev–Trinajstić information content (AvgIpc) is 3.79. The lowest BCUT2D eigenvalue weighted by Gasteiger charge is -2.17. The summed E-state index contributed by atoms with van der Waals surface area (Å²) in [4.78, 5) is 27.0. The molecule has 0 radical (unpaired) electrons. The van der Waals surface area contributed by atoms with Crippen LogP contribution in [0.3, 0.4) is 0 Å². The summed E-state index contributed by atoms with van der Waals surface area (Å²) in [5, 5.41) is 12.7. The zero-order chi connectivity index (χ0) is 30.9. The van der Waals surface area contributed by atoms with Crippen LogP contribution in [0.1, 0.15) is 63.7 Å². The predicted molar refractivity (Wildman–Crippen MR) is 158 cm³/mol. The van der Waals surface area contributed by atoms with E-state index in [1.165, 1.54) is 24.3 Å². The van der Waals surface area contributed by atoms with Crippen LogP contribution in [0.15, 0.2) is 82.5 Å². The summed E-state index contributed by atoms with van der Waals surface area (Å²) < 4.78 is 64.8. The molecule has 1 amide bonds. The number of rotatable bonds is 10. The molecular weight excluding hydrogens is 601 g/mol. The molecule has 7 nitrogen and oxygen atoms in total. The van der Waals surface area contributed by atoms with Crippen molar-refractivity contribution in [1.29, 1.82) is 0 Å². The summed E-state index contributed by atoms with van der Waals surface area (Å²) >= 11 is 1.14. The second kappa shape index (κ2) is 12.1. The molecule has 1 aromatic heterocycles. The standard InChI is InChI=1S/C31H29F3N2O5S2/c1-2-43(40,41)25-15-11-20(12-16-25)26(18-37)35-29(38)23-9-5-21(6-10-23)27-28(22-7-8-22)42-30(39)36(27)17-19-3-13-24(14-4-19)31(32,33)34/h3-6,9-16,22,26,37H,2,7-8,17-18H2,1H3,(H,35,38). The highest BCUT2D eigenvalue weighted by Gasteiger charge is 2.32. The molecule has 1 atom stereocenters. The highest BCUT2D eigenvalue weighted by molar-refractivity contribution is 7.91. The number of aliphatic hydroxyl groups is 1. The van der Waals surface area contributed by atoms with E-state index in [2.05, 4.69) is 5.32 Å². The van der Waals surface area contributed by atoms with Gasteiger partial charge >= 0.3 is 11.0 Å². The lowest BCUT2D eigenvalue weighted by atomic mass is 10.0. The van der Waals surface area contributed by atoms with Gasteiger partial charge in [0.2, 0.25) is 0 Å². The highest BCUT2D eigenvalue weighted by Crippen LogP contribution is 2.46. The zero-order valence-electron chi connectivity index (χ0n) is 23.1. The Hall–Kier alpha value is -3.74. The molecule has 1 unspecified atom stereocenters. The molecule has 0 bridgehead atoms. The van der Waals surface area contributed by atoms with Crippen molar-refractivity contribution in [2.75, 3.05) is 12.4 Å². The van der Waals surface area contributed by atoms with Crippen LogP contribution in [-0.4, -0.2) is 36.4 Å². The average molecular weight is 631 g/mol. The van der Waals surface area contributed by atoms with Gasteiger partial charge in [-0.15, -0.1) is 0 Å². The topological polar surface area (TPSA) is 105 Å². The summed E-state index contributed by atoms with van der Waals surface area (Å²) in [5.41, 5.74) is 2.05. The van der Waals surface area contributed by atoms with Gasteiger partial charge < -0.3 is 10.4 Å². The van der Waals surface area contributed by atoms with Gasteiger partial charge in [0.1, 0.15) is 0 Å². The smallest absolute Gasteiger partial charge is 0.394 e. The van der Waals surface area contributed by atoms with Gasteiger partial charge in [-0.25, -0.2) is 8.42 Å². The van der Waals surface area contributed by atoms with E-state index < -0.39 is 40.1 Å². The molecule has 0 saturated heterocycles. The third-order valence-corrected chi connectivity index (χ3v) is 10.3.